The van der Waals surface area contributed by atoms with Gasteiger partial charge in [0.1, 0.15) is 0 Å². The molecule has 60 heavy (non-hydrogen) atoms. The van der Waals surface area contributed by atoms with Gasteiger partial charge in [0.2, 0.25) is 0 Å². The van der Waals surface area contributed by atoms with Gasteiger partial charge in [-0.2, -0.15) is 0 Å². The lowest BCUT2D eigenvalue weighted by Gasteiger charge is -2.25. The topological polar surface area (TPSA) is 0 Å². The van der Waals surface area contributed by atoms with Crippen LogP contribution in [0.3, 0.4) is 0 Å². The Hall–Kier alpha value is -7.02. The minimum Gasteiger partial charge on any atom is -0.0622 e. The van der Waals surface area contributed by atoms with Crippen LogP contribution in [0.1, 0.15) is 50.7 Å². The molecule has 0 atom stereocenters. The summed E-state index contributed by atoms with van der Waals surface area (Å²) >= 11 is 0. The normalized spacial score (nSPS) is 12.0. The quantitative estimate of drug-likeness (QED) is 0.117. The van der Waals surface area contributed by atoms with Gasteiger partial charge in [0.25, 0.3) is 0 Å². The van der Waals surface area contributed by atoms with E-state index in [0.29, 0.717) is 11.8 Å². The molecule has 0 fully saturated rings. The van der Waals surface area contributed by atoms with Crippen LogP contribution in [0.25, 0.3) is 109 Å². The fraction of sp³-hybridized carbons (Fsp3) is 0.100. The molecule has 286 valence electrons. The monoisotopic (exact) mass is 766 g/mol. The summed E-state index contributed by atoms with van der Waals surface area (Å²) in [5, 5.41) is 15.9. The molecule has 0 heteroatoms. The smallest absolute Gasteiger partial charge is 0.00259 e. The van der Waals surface area contributed by atoms with E-state index in [-0.39, 0.29) is 0 Å². The Bertz CT molecular complexity index is 3460. The summed E-state index contributed by atoms with van der Waals surface area (Å²) in [6.45, 7) is 9.50. The van der Waals surface area contributed by atoms with Crippen molar-refractivity contribution in [2.75, 3.05) is 0 Å². The molecule has 0 spiro atoms. The predicted octanol–water partition coefficient (Wildman–Crippen LogP) is 17.5. The second-order valence-electron chi connectivity index (χ2n) is 17.1. The zero-order valence-corrected chi connectivity index (χ0v) is 34.6. The first-order chi connectivity index (χ1) is 29.5. The van der Waals surface area contributed by atoms with Crippen LogP contribution in [0.2, 0.25) is 0 Å². The van der Waals surface area contributed by atoms with Gasteiger partial charge in [-0.1, -0.05) is 198 Å². The fourth-order valence-corrected chi connectivity index (χ4v) is 10.4. The molecule has 0 aliphatic carbocycles. The Labute approximate surface area is 352 Å². The Morgan fingerprint density at radius 3 is 1.05 bits per heavy atom. The molecular weight excluding hydrogens is 721 g/mol. The first kappa shape index (κ1) is 36.1. The summed E-state index contributed by atoms with van der Waals surface area (Å²) in [4.78, 5) is 0. The zero-order chi connectivity index (χ0) is 40.5. The van der Waals surface area contributed by atoms with Crippen molar-refractivity contribution >= 4 is 64.6 Å². The first-order valence-electron chi connectivity index (χ1n) is 21.5. The average Bonchev–Trinajstić information content (AvgIpc) is 3.30. The highest BCUT2D eigenvalue weighted by atomic mass is 14.3. The molecule has 0 unspecified atom stereocenters. The molecule has 0 saturated carbocycles. The van der Waals surface area contributed by atoms with Crippen LogP contribution in [-0.2, 0) is 0 Å². The molecule has 0 aliphatic heterocycles. The number of rotatable bonds is 6. The molecule has 11 rings (SSSR count). The van der Waals surface area contributed by atoms with E-state index in [1.54, 1.807) is 0 Å². The van der Waals surface area contributed by atoms with Crippen molar-refractivity contribution in [1.82, 2.24) is 0 Å². The summed E-state index contributed by atoms with van der Waals surface area (Å²) in [5.74, 6) is 0.650. The van der Waals surface area contributed by atoms with E-state index < -0.39 is 0 Å². The Morgan fingerprint density at radius 2 is 0.583 bits per heavy atom. The Kier molecular flexibility index (Phi) is 8.64. The third kappa shape index (κ3) is 5.66. The molecule has 0 radical (unpaired) electrons. The molecule has 0 aliphatic rings. The average molecular weight is 767 g/mol. The molecule has 11 aromatic rings. The molecular formula is C60H46. The number of benzene rings is 11. The van der Waals surface area contributed by atoms with Gasteiger partial charge in [0, 0.05) is 0 Å². The zero-order valence-electron chi connectivity index (χ0n) is 34.6. The van der Waals surface area contributed by atoms with Crippen LogP contribution < -0.4 is 0 Å². The maximum absolute atomic E-state index is 2.59. The van der Waals surface area contributed by atoms with Crippen molar-refractivity contribution in [3.8, 4) is 44.5 Å². The summed E-state index contributed by atoms with van der Waals surface area (Å²) in [6, 6.07) is 72.5. The largest absolute Gasteiger partial charge is 0.0622 e. The van der Waals surface area contributed by atoms with Crippen molar-refractivity contribution in [3.63, 3.8) is 0 Å². The molecule has 0 nitrogen and oxygen atoms in total. The molecule has 0 saturated heterocycles. The predicted molar refractivity (Wildman–Crippen MR) is 261 cm³/mol. The van der Waals surface area contributed by atoms with Crippen LogP contribution in [-0.4, -0.2) is 0 Å². The summed E-state index contributed by atoms with van der Waals surface area (Å²) < 4.78 is 0. The molecule has 0 bridgehead atoms. The Balaban J connectivity index is 1.38. The standard InChI is InChI=1S/C60H46/c1-37(2)55-47-29-13-14-30-48(47)56(38(3)4)60-52-36-54-53(35-51(52)45-27-11-12-28-46(45)59(55)60)57(43-25-17-23-41(33-43)39-19-7-5-8-20-39)49-31-15-16-32-50(49)58(54)44-26-18-24-42(34-44)40-21-9-6-10-22-40/h5-38H,1-4H3. The second kappa shape index (κ2) is 14.4. The highest BCUT2D eigenvalue weighted by Gasteiger charge is 2.25. The van der Waals surface area contributed by atoms with Crippen molar-refractivity contribution in [3.05, 3.63) is 205 Å². The maximum Gasteiger partial charge on any atom is -0.00259 e. The Morgan fingerprint density at radius 1 is 0.233 bits per heavy atom. The molecule has 0 heterocycles. The van der Waals surface area contributed by atoms with Crippen molar-refractivity contribution < 1.29 is 0 Å². The van der Waals surface area contributed by atoms with Gasteiger partial charge in [-0.25, -0.2) is 0 Å². The van der Waals surface area contributed by atoms with Crippen LogP contribution in [0.15, 0.2) is 194 Å². The SMILES string of the molecule is CC(C)c1c2ccccc2c(C(C)C)c2c3cc4c(-c5cccc(-c6ccccc6)c5)c5ccccc5c(-c5cccc(-c6ccccc6)c5)c4cc3c3ccccc3c12. The van der Waals surface area contributed by atoms with Crippen molar-refractivity contribution in [2.24, 2.45) is 0 Å². The minimum absolute atomic E-state index is 0.314. The molecule has 0 N–H and O–H groups in total. The minimum atomic E-state index is 0.314. The summed E-state index contributed by atoms with van der Waals surface area (Å²) in [6.07, 6.45) is 0. The maximum atomic E-state index is 2.59. The second-order valence-corrected chi connectivity index (χ2v) is 17.1. The van der Waals surface area contributed by atoms with Gasteiger partial charge in [-0.05, 0) is 156 Å². The van der Waals surface area contributed by atoms with E-state index in [4.69, 9.17) is 0 Å². The van der Waals surface area contributed by atoms with E-state index in [1.807, 2.05) is 0 Å². The molecule has 0 amide bonds. The number of hydrogen-bond acceptors (Lipinski definition) is 0. The van der Waals surface area contributed by atoms with E-state index in [1.165, 1.54) is 120 Å². The lowest BCUT2D eigenvalue weighted by atomic mass is 9.78. The van der Waals surface area contributed by atoms with Gasteiger partial charge in [0.15, 0.2) is 0 Å². The first-order valence-corrected chi connectivity index (χ1v) is 21.5. The van der Waals surface area contributed by atoms with E-state index >= 15 is 0 Å². The third-order valence-electron chi connectivity index (χ3n) is 12.9. The highest BCUT2D eigenvalue weighted by Crippen LogP contribution is 2.51. The van der Waals surface area contributed by atoms with E-state index in [2.05, 4.69) is 222 Å². The van der Waals surface area contributed by atoms with E-state index in [9.17, 15) is 0 Å². The van der Waals surface area contributed by atoms with Gasteiger partial charge in [0.05, 0.1) is 0 Å². The van der Waals surface area contributed by atoms with E-state index in [0.717, 1.165) is 0 Å². The number of hydrogen-bond donors (Lipinski definition) is 0. The summed E-state index contributed by atoms with van der Waals surface area (Å²) in [5.41, 5.74) is 12.8. The lowest BCUT2D eigenvalue weighted by Crippen LogP contribution is -2.01. The third-order valence-corrected chi connectivity index (χ3v) is 12.9. The highest BCUT2D eigenvalue weighted by molar-refractivity contribution is 6.34. The van der Waals surface area contributed by atoms with Crippen LogP contribution in [0, 0.1) is 0 Å². The summed E-state index contributed by atoms with van der Waals surface area (Å²) in [7, 11) is 0. The molecule has 11 aromatic carbocycles. The van der Waals surface area contributed by atoms with Crippen LogP contribution in [0.5, 0.6) is 0 Å². The van der Waals surface area contributed by atoms with Crippen LogP contribution in [0.4, 0.5) is 0 Å². The van der Waals surface area contributed by atoms with Crippen molar-refractivity contribution in [1.29, 1.82) is 0 Å². The van der Waals surface area contributed by atoms with Gasteiger partial charge >= 0.3 is 0 Å². The van der Waals surface area contributed by atoms with Gasteiger partial charge in [-0.3, -0.25) is 0 Å². The van der Waals surface area contributed by atoms with Gasteiger partial charge in [-0.15, -0.1) is 0 Å². The van der Waals surface area contributed by atoms with Gasteiger partial charge < -0.3 is 0 Å². The van der Waals surface area contributed by atoms with Crippen LogP contribution >= 0.6 is 0 Å². The van der Waals surface area contributed by atoms with Crippen molar-refractivity contribution in [2.45, 2.75) is 39.5 Å². The fourth-order valence-electron chi connectivity index (χ4n) is 10.4. The lowest BCUT2D eigenvalue weighted by molar-refractivity contribution is 0.874. The molecule has 0 aromatic heterocycles. The number of fused-ring (bicyclic) bond motifs is 9.